The lowest BCUT2D eigenvalue weighted by molar-refractivity contribution is -0.118. The van der Waals surface area contributed by atoms with Gasteiger partial charge >= 0.3 is 0 Å². The molecular weight excluding hydrogens is 389 g/mol. The highest BCUT2D eigenvalue weighted by atomic mass is 19.1. The van der Waals surface area contributed by atoms with Crippen LogP contribution in [0.4, 0.5) is 15.8 Å². The average Bonchev–Trinajstić information content (AvgIpc) is 2.73. The van der Waals surface area contributed by atoms with Gasteiger partial charge in [-0.15, -0.1) is 0 Å². The molecule has 0 saturated heterocycles. The van der Waals surface area contributed by atoms with Gasteiger partial charge in [-0.3, -0.25) is 14.4 Å². The predicted molar refractivity (Wildman–Crippen MR) is 110 cm³/mol. The minimum atomic E-state index is -0.663. The molecule has 0 saturated carbocycles. The molecule has 0 radical (unpaired) electrons. The number of hydrogen-bond acceptors (Lipinski definition) is 4. The van der Waals surface area contributed by atoms with Gasteiger partial charge in [0.25, 0.3) is 17.7 Å². The van der Waals surface area contributed by atoms with Crippen LogP contribution in [-0.2, 0) is 4.79 Å². The van der Waals surface area contributed by atoms with Crippen molar-refractivity contribution in [2.75, 3.05) is 17.2 Å². The van der Waals surface area contributed by atoms with E-state index in [1.54, 1.807) is 36.4 Å². The Labute approximate surface area is 171 Å². The molecule has 7 nitrogen and oxygen atoms in total. The third-order valence-electron chi connectivity index (χ3n) is 4.03. The van der Waals surface area contributed by atoms with E-state index in [-0.39, 0.29) is 23.5 Å². The molecule has 4 N–H and O–H groups in total. The molecule has 0 heterocycles. The molecule has 3 amide bonds. The predicted octanol–water partition coefficient (Wildman–Crippen LogP) is 3.19. The van der Waals surface area contributed by atoms with Gasteiger partial charge in [-0.05, 0) is 42.5 Å². The first-order valence-electron chi connectivity index (χ1n) is 8.91. The Bertz CT molecular complexity index is 1100. The summed E-state index contributed by atoms with van der Waals surface area (Å²) in [6.07, 6.45) is 0. The molecule has 30 heavy (non-hydrogen) atoms. The molecule has 0 spiro atoms. The summed E-state index contributed by atoms with van der Waals surface area (Å²) < 4.78 is 19.1. The van der Waals surface area contributed by atoms with E-state index < -0.39 is 23.5 Å². The SMILES string of the molecule is NC(=O)c1ccccc1OCC(=O)Nc1cccc(NC(=O)c2ccccc2F)c1. The summed E-state index contributed by atoms with van der Waals surface area (Å²) in [4.78, 5) is 35.8. The van der Waals surface area contributed by atoms with E-state index in [0.717, 1.165) is 0 Å². The van der Waals surface area contributed by atoms with Gasteiger partial charge in [0, 0.05) is 11.4 Å². The minimum absolute atomic E-state index is 0.0894. The standard InChI is InChI=1S/C22H18FN3O4/c23-18-10-3-1-8-16(18)22(29)26-15-7-5-6-14(12-15)25-20(27)13-30-19-11-4-2-9-17(19)21(24)28/h1-12H,13H2,(H2,24,28)(H,25,27)(H,26,29). The Morgan fingerprint density at radius 1 is 0.833 bits per heavy atom. The van der Waals surface area contributed by atoms with Gasteiger partial charge in [-0.1, -0.05) is 30.3 Å². The fourth-order valence-corrected chi connectivity index (χ4v) is 2.65. The van der Waals surface area contributed by atoms with Gasteiger partial charge in [0.2, 0.25) is 0 Å². The molecule has 0 bridgehead atoms. The third-order valence-corrected chi connectivity index (χ3v) is 4.03. The van der Waals surface area contributed by atoms with E-state index in [1.807, 2.05) is 0 Å². The Morgan fingerprint density at radius 2 is 1.47 bits per heavy atom. The largest absolute Gasteiger partial charge is 0.483 e. The van der Waals surface area contributed by atoms with E-state index in [0.29, 0.717) is 11.4 Å². The molecule has 0 fully saturated rings. The lowest BCUT2D eigenvalue weighted by Gasteiger charge is -2.11. The van der Waals surface area contributed by atoms with Gasteiger partial charge in [-0.25, -0.2) is 4.39 Å². The highest BCUT2D eigenvalue weighted by Gasteiger charge is 2.13. The van der Waals surface area contributed by atoms with Crippen LogP contribution in [0.3, 0.4) is 0 Å². The van der Waals surface area contributed by atoms with Crippen molar-refractivity contribution in [1.29, 1.82) is 0 Å². The third kappa shape index (κ3) is 5.20. The summed E-state index contributed by atoms with van der Waals surface area (Å²) in [5.41, 5.74) is 6.13. The van der Waals surface area contributed by atoms with E-state index >= 15 is 0 Å². The second kappa shape index (κ2) is 9.33. The zero-order chi connectivity index (χ0) is 21.5. The molecule has 0 aliphatic rings. The number of nitrogens with one attached hydrogen (secondary N) is 2. The summed E-state index contributed by atoms with van der Waals surface area (Å²) in [7, 11) is 0. The average molecular weight is 407 g/mol. The van der Waals surface area contributed by atoms with Crippen molar-refractivity contribution in [2.24, 2.45) is 5.73 Å². The molecule has 0 aliphatic carbocycles. The molecule has 0 aliphatic heterocycles. The van der Waals surface area contributed by atoms with Crippen LogP contribution < -0.4 is 21.1 Å². The normalized spacial score (nSPS) is 10.2. The van der Waals surface area contributed by atoms with Gasteiger partial charge in [0.05, 0.1) is 11.1 Å². The quantitative estimate of drug-likeness (QED) is 0.559. The van der Waals surface area contributed by atoms with Crippen molar-refractivity contribution in [3.8, 4) is 5.75 Å². The first kappa shape index (κ1) is 20.5. The number of hydrogen-bond donors (Lipinski definition) is 3. The number of nitrogens with two attached hydrogens (primary N) is 1. The number of para-hydroxylation sites is 1. The van der Waals surface area contributed by atoms with Crippen LogP contribution in [0, 0.1) is 5.82 Å². The lowest BCUT2D eigenvalue weighted by Crippen LogP contribution is -2.22. The molecule has 0 unspecified atom stereocenters. The molecule has 0 atom stereocenters. The highest BCUT2D eigenvalue weighted by molar-refractivity contribution is 6.05. The maximum atomic E-state index is 13.7. The summed E-state index contributed by atoms with van der Waals surface area (Å²) in [5, 5.41) is 5.20. The van der Waals surface area contributed by atoms with Crippen molar-refractivity contribution < 1.29 is 23.5 Å². The number of ether oxygens (including phenoxy) is 1. The Hall–Kier alpha value is -4.20. The number of carbonyl (C=O) groups excluding carboxylic acids is 3. The van der Waals surface area contributed by atoms with E-state index in [2.05, 4.69) is 10.6 Å². The monoisotopic (exact) mass is 407 g/mol. The van der Waals surface area contributed by atoms with Gasteiger partial charge in [0.15, 0.2) is 6.61 Å². The van der Waals surface area contributed by atoms with Crippen LogP contribution in [0.2, 0.25) is 0 Å². The number of amides is 3. The number of rotatable bonds is 7. The molecule has 8 heteroatoms. The molecule has 152 valence electrons. The number of benzene rings is 3. The van der Waals surface area contributed by atoms with Crippen LogP contribution in [0.15, 0.2) is 72.8 Å². The minimum Gasteiger partial charge on any atom is -0.483 e. The van der Waals surface area contributed by atoms with Crippen LogP contribution in [-0.4, -0.2) is 24.3 Å². The second-order valence-corrected chi connectivity index (χ2v) is 6.21. The van der Waals surface area contributed by atoms with Crippen molar-refractivity contribution in [1.82, 2.24) is 0 Å². The fraction of sp³-hybridized carbons (Fsp3) is 0.0455. The molecule has 3 aromatic carbocycles. The van der Waals surface area contributed by atoms with Crippen molar-refractivity contribution in [2.45, 2.75) is 0 Å². The van der Waals surface area contributed by atoms with Crippen LogP contribution in [0.5, 0.6) is 5.75 Å². The smallest absolute Gasteiger partial charge is 0.262 e. The number of anilines is 2. The van der Waals surface area contributed by atoms with Crippen LogP contribution in [0.1, 0.15) is 20.7 Å². The van der Waals surface area contributed by atoms with Gasteiger partial charge < -0.3 is 21.1 Å². The maximum absolute atomic E-state index is 13.7. The van der Waals surface area contributed by atoms with Gasteiger partial charge in [0.1, 0.15) is 11.6 Å². The topological polar surface area (TPSA) is 111 Å². The lowest BCUT2D eigenvalue weighted by atomic mass is 10.2. The zero-order valence-corrected chi connectivity index (χ0v) is 15.7. The Morgan fingerprint density at radius 3 is 2.17 bits per heavy atom. The van der Waals surface area contributed by atoms with E-state index in [9.17, 15) is 18.8 Å². The van der Waals surface area contributed by atoms with E-state index in [4.69, 9.17) is 10.5 Å². The highest BCUT2D eigenvalue weighted by Crippen LogP contribution is 2.19. The second-order valence-electron chi connectivity index (χ2n) is 6.21. The summed E-state index contributed by atoms with van der Waals surface area (Å²) in [5.74, 6) is -2.18. The van der Waals surface area contributed by atoms with Gasteiger partial charge in [-0.2, -0.15) is 0 Å². The Kier molecular flexibility index (Phi) is 6.39. The Balaban J connectivity index is 1.61. The fourth-order valence-electron chi connectivity index (χ4n) is 2.65. The zero-order valence-electron chi connectivity index (χ0n) is 15.7. The molecule has 3 rings (SSSR count). The van der Waals surface area contributed by atoms with Crippen molar-refractivity contribution in [3.63, 3.8) is 0 Å². The van der Waals surface area contributed by atoms with E-state index in [1.165, 1.54) is 36.4 Å². The maximum Gasteiger partial charge on any atom is 0.262 e. The number of halogens is 1. The van der Waals surface area contributed by atoms with Crippen molar-refractivity contribution >= 4 is 29.1 Å². The number of primary amides is 1. The summed E-state index contributed by atoms with van der Waals surface area (Å²) >= 11 is 0. The molecular formula is C22H18FN3O4. The molecule has 0 aromatic heterocycles. The van der Waals surface area contributed by atoms with Crippen LogP contribution >= 0.6 is 0 Å². The van der Waals surface area contributed by atoms with Crippen LogP contribution in [0.25, 0.3) is 0 Å². The first-order chi connectivity index (χ1) is 14.4. The number of carbonyl (C=O) groups is 3. The van der Waals surface area contributed by atoms with Crippen molar-refractivity contribution in [3.05, 3.63) is 89.7 Å². The summed E-state index contributed by atoms with van der Waals surface area (Å²) in [6.45, 7) is -0.351. The first-order valence-corrected chi connectivity index (χ1v) is 8.91. The summed E-state index contributed by atoms with van der Waals surface area (Å²) in [6, 6.07) is 18.3. The molecule has 3 aromatic rings.